The summed E-state index contributed by atoms with van der Waals surface area (Å²) < 4.78 is 6.97. The zero-order valence-electron chi connectivity index (χ0n) is 9.59. The predicted molar refractivity (Wildman–Crippen MR) is 72.6 cm³/mol. The van der Waals surface area contributed by atoms with E-state index in [4.69, 9.17) is 4.74 Å². The van der Waals surface area contributed by atoms with Crippen LogP contribution in [0.4, 0.5) is 0 Å². The smallest absolute Gasteiger partial charge is 0.122 e. The maximum absolute atomic E-state index is 5.71. The highest BCUT2D eigenvalue weighted by Gasteiger charge is 1.99. The second-order valence-electron chi connectivity index (χ2n) is 3.92. The zero-order valence-corrected chi connectivity index (χ0v) is 11.7. The van der Waals surface area contributed by atoms with Gasteiger partial charge >= 0.3 is 0 Å². The molecule has 0 atom stereocenters. The highest BCUT2D eigenvalue weighted by atomic mass is 127. The van der Waals surface area contributed by atoms with Crippen LogP contribution in [0.5, 0.6) is 5.75 Å². The van der Waals surface area contributed by atoms with E-state index >= 15 is 0 Å². The Morgan fingerprint density at radius 2 is 2.07 bits per heavy atom. The summed E-state index contributed by atoms with van der Waals surface area (Å²) in [6, 6.07) is 6.27. The summed E-state index contributed by atoms with van der Waals surface area (Å²) in [5.41, 5.74) is 1.21. The fourth-order valence-electron chi connectivity index (χ4n) is 1.34. The number of halogens is 1. The average Bonchev–Trinajstić information content (AvgIpc) is 2.14. The van der Waals surface area contributed by atoms with E-state index < -0.39 is 0 Å². The van der Waals surface area contributed by atoms with Crippen molar-refractivity contribution in [2.45, 2.75) is 13.3 Å². The molecule has 0 saturated heterocycles. The molecule has 3 heteroatoms. The van der Waals surface area contributed by atoms with Gasteiger partial charge in [0.1, 0.15) is 5.75 Å². The molecular formula is C12H18INO. The van der Waals surface area contributed by atoms with Gasteiger partial charge in [0.2, 0.25) is 0 Å². The molecule has 1 aromatic rings. The van der Waals surface area contributed by atoms with Crippen molar-refractivity contribution >= 4 is 22.6 Å². The lowest BCUT2D eigenvalue weighted by Crippen LogP contribution is -2.15. The van der Waals surface area contributed by atoms with Crippen LogP contribution >= 0.6 is 22.6 Å². The first kappa shape index (κ1) is 12.8. The quantitative estimate of drug-likeness (QED) is 0.611. The molecule has 0 fully saturated rings. The second-order valence-corrected chi connectivity index (χ2v) is 5.16. The van der Waals surface area contributed by atoms with Gasteiger partial charge in [-0.25, -0.2) is 0 Å². The molecule has 0 unspecified atom stereocenters. The number of hydrogen-bond donors (Lipinski definition) is 0. The molecule has 1 aromatic carbocycles. The van der Waals surface area contributed by atoms with Crippen molar-refractivity contribution in [3.05, 3.63) is 27.3 Å². The van der Waals surface area contributed by atoms with E-state index in [0.717, 1.165) is 25.3 Å². The van der Waals surface area contributed by atoms with Gasteiger partial charge in [0.15, 0.2) is 0 Å². The predicted octanol–water partition coefficient (Wildman–Crippen LogP) is 2.93. The molecule has 0 saturated carbocycles. The van der Waals surface area contributed by atoms with Crippen molar-refractivity contribution < 1.29 is 4.74 Å². The summed E-state index contributed by atoms with van der Waals surface area (Å²) in [5.74, 6) is 1.01. The fraction of sp³-hybridized carbons (Fsp3) is 0.500. The van der Waals surface area contributed by atoms with Gasteiger partial charge in [-0.1, -0.05) is 0 Å². The Hall–Kier alpha value is -0.290. The summed E-state index contributed by atoms with van der Waals surface area (Å²) in [4.78, 5) is 2.17. The Kier molecular flexibility index (Phi) is 5.39. The second kappa shape index (κ2) is 6.33. The van der Waals surface area contributed by atoms with E-state index in [0.29, 0.717) is 0 Å². The zero-order chi connectivity index (χ0) is 11.3. The topological polar surface area (TPSA) is 12.5 Å². The molecule has 0 spiro atoms. The minimum Gasteiger partial charge on any atom is -0.493 e. The van der Waals surface area contributed by atoms with Crippen LogP contribution in [0.15, 0.2) is 18.2 Å². The van der Waals surface area contributed by atoms with E-state index in [-0.39, 0.29) is 0 Å². The van der Waals surface area contributed by atoms with Crippen molar-refractivity contribution in [3.8, 4) is 5.75 Å². The molecule has 84 valence electrons. The molecule has 0 aliphatic rings. The van der Waals surface area contributed by atoms with Gasteiger partial charge in [0.25, 0.3) is 0 Å². The van der Waals surface area contributed by atoms with Gasteiger partial charge in [-0.05, 0) is 73.8 Å². The van der Waals surface area contributed by atoms with E-state index in [9.17, 15) is 0 Å². The normalized spacial score (nSPS) is 10.7. The molecule has 15 heavy (non-hydrogen) atoms. The Bertz CT molecular complexity index is 312. The number of rotatable bonds is 5. The largest absolute Gasteiger partial charge is 0.493 e. The third kappa shape index (κ3) is 4.84. The van der Waals surface area contributed by atoms with Crippen LogP contribution in [-0.2, 0) is 0 Å². The number of aryl methyl sites for hydroxylation is 1. The van der Waals surface area contributed by atoms with Gasteiger partial charge in [-0.2, -0.15) is 0 Å². The van der Waals surface area contributed by atoms with E-state index in [2.05, 4.69) is 60.6 Å². The summed E-state index contributed by atoms with van der Waals surface area (Å²) >= 11 is 2.31. The maximum Gasteiger partial charge on any atom is 0.122 e. The minimum atomic E-state index is 0.791. The first-order valence-corrected chi connectivity index (χ1v) is 6.21. The number of hydrogen-bond acceptors (Lipinski definition) is 2. The van der Waals surface area contributed by atoms with Gasteiger partial charge in [0.05, 0.1) is 6.61 Å². The molecule has 0 amide bonds. The van der Waals surface area contributed by atoms with Gasteiger partial charge in [0, 0.05) is 10.1 Å². The first-order valence-electron chi connectivity index (χ1n) is 5.13. The summed E-state index contributed by atoms with van der Waals surface area (Å²) in [6.45, 7) is 3.95. The summed E-state index contributed by atoms with van der Waals surface area (Å²) in [6.07, 6.45) is 1.07. The van der Waals surface area contributed by atoms with Crippen LogP contribution in [0.1, 0.15) is 12.0 Å². The first-order chi connectivity index (χ1) is 7.09. The number of nitrogens with zero attached hydrogens (tertiary/aromatic N) is 1. The van der Waals surface area contributed by atoms with Crippen LogP contribution < -0.4 is 4.74 Å². The van der Waals surface area contributed by atoms with Crippen LogP contribution in [-0.4, -0.2) is 32.1 Å². The van der Waals surface area contributed by atoms with Crippen LogP contribution in [0.3, 0.4) is 0 Å². The lowest BCUT2D eigenvalue weighted by atomic mass is 10.2. The van der Waals surface area contributed by atoms with Gasteiger partial charge < -0.3 is 9.64 Å². The molecule has 0 aromatic heterocycles. The molecule has 0 aliphatic carbocycles. The van der Waals surface area contributed by atoms with E-state index in [1.165, 1.54) is 9.13 Å². The van der Waals surface area contributed by atoms with Crippen molar-refractivity contribution in [2.75, 3.05) is 27.2 Å². The van der Waals surface area contributed by atoms with E-state index in [1.54, 1.807) is 0 Å². The molecular weight excluding hydrogens is 301 g/mol. The Morgan fingerprint density at radius 1 is 1.33 bits per heavy atom. The van der Waals surface area contributed by atoms with Crippen LogP contribution in [0.25, 0.3) is 0 Å². The molecule has 0 heterocycles. The average molecular weight is 319 g/mol. The van der Waals surface area contributed by atoms with Crippen LogP contribution in [0.2, 0.25) is 0 Å². The van der Waals surface area contributed by atoms with Crippen LogP contribution in [0, 0.1) is 10.5 Å². The summed E-state index contributed by atoms with van der Waals surface area (Å²) in [7, 11) is 4.16. The van der Waals surface area contributed by atoms with Crippen molar-refractivity contribution in [1.82, 2.24) is 4.90 Å². The monoisotopic (exact) mass is 319 g/mol. The molecule has 2 nitrogen and oxygen atoms in total. The standard InChI is InChI=1S/C12H18INO/c1-10-9-11(13)5-6-12(10)15-8-4-7-14(2)3/h5-6,9H,4,7-8H2,1-3H3. The van der Waals surface area contributed by atoms with Crippen molar-refractivity contribution in [2.24, 2.45) is 0 Å². The maximum atomic E-state index is 5.71. The molecule has 0 N–H and O–H groups in total. The highest BCUT2D eigenvalue weighted by Crippen LogP contribution is 2.20. The van der Waals surface area contributed by atoms with Crippen molar-refractivity contribution in [1.29, 1.82) is 0 Å². The Labute approximate surface area is 106 Å². The third-order valence-electron chi connectivity index (χ3n) is 2.14. The fourth-order valence-corrected chi connectivity index (χ4v) is 1.98. The SMILES string of the molecule is Cc1cc(I)ccc1OCCCN(C)C. The highest BCUT2D eigenvalue weighted by molar-refractivity contribution is 14.1. The molecule has 0 radical (unpaired) electrons. The molecule has 0 aliphatic heterocycles. The number of benzene rings is 1. The lowest BCUT2D eigenvalue weighted by Gasteiger charge is -2.11. The van der Waals surface area contributed by atoms with Gasteiger partial charge in [-0.15, -0.1) is 0 Å². The van der Waals surface area contributed by atoms with Gasteiger partial charge in [-0.3, -0.25) is 0 Å². The number of ether oxygens (including phenoxy) is 1. The van der Waals surface area contributed by atoms with Crippen molar-refractivity contribution in [3.63, 3.8) is 0 Å². The third-order valence-corrected chi connectivity index (χ3v) is 2.82. The summed E-state index contributed by atoms with van der Waals surface area (Å²) in [5, 5.41) is 0. The molecule has 1 rings (SSSR count). The Morgan fingerprint density at radius 3 is 2.67 bits per heavy atom. The van der Waals surface area contributed by atoms with E-state index in [1.807, 2.05) is 6.07 Å². The Balaban J connectivity index is 2.37. The molecule has 0 bridgehead atoms. The lowest BCUT2D eigenvalue weighted by molar-refractivity contribution is 0.280. The minimum absolute atomic E-state index is 0.791.